The van der Waals surface area contributed by atoms with Gasteiger partial charge in [0.1, 0.15) is 5.82 Å². The van der Waals surface area contributed by atoms with Crippen molar-refractivity contribution in [3.8, 4) is 0 Å². The maximum Gasteiger partial charge on any atom is 0.124 e. The summed E-state index contributed by atoms with van der Waals surface area (Å²) in [5, 5.41) is 0. The summed E-state index contributed by atoms with van der Waals surface area (Å²) >= 11 is 1.63. The lowest BCUT2D eigenvalue weighted by atomic mass is 10.1. The van der Waals surface area contributed by atoms with Crippen molar-refractivity contribution in [3.05, 3.63) is 65.5 Å². The van der Waals surface area contributed by atoms with Crippen LogP contribution >= 0.6 is 11.8 Å². The van der Waals surface area contributed by atoms with E-state index in [2.05, 4.69) is 12.1 Å². The number of thioether (sulfide) groups is 1. The van der Waals surface area contributed by atoms with Gasteiger partial charge in [-0.05, 0) is 29.3 Å². The van der Waals surface area contributed by atoms with E-state index in [1.165, 1.54) is 11.6 Å². The van der Waals surface area contributed by atoms with Crippen molar-refractivity contribution < 1.29 is 4.39 Å². The molecule has 0 aliphatic rings. The molecule has 0 unspecified atom stereocenters. The Labute approximate surface area is 105 Å². The van der Waals surface area contributed by atoms with Gasteiger partial charge < -0.3 is 5.73 Å². The summed E-state index contributed by atoms with van der Waals surface area (Å²) in [4.78, 5) is 0.952. The molecule has 2 N–H and O–H groups in total. The summed E-state index contributed by atoms with van der Waals surface area (Å²) in [6.45, 7) is 0.567. The van der Waals surface area contributed by atoms with E-state index in [0.29, 0.717) is 6.54 Å². The topological polar surface area (TPSA) is 26.0 Å². The minimum atomic E-state index is -0.187. The number of benzene rings is 2. The molecule has 0 saturated heterocycles. The van der Waals surface area contributed by atoms with Gasteiger partial charge in [0.25, 0.3) is 0 Å². The van der Waals surface area contributed by atoms with Crippen LogP contribution < -0.4 is 5.73 Å². The average molecular weight is 247 g/mol. The summed E-state index contributed by atoms with van der Waals surface area (Å²) in [6.07, 6.45) is 0. The van der Waals surface area contributed by atoms with Crippen LogP contribution in [0.5, 0.6) is 0 Å². The predicted octanol–water partition coefficient (Wildman–Crippen LogP) is 3.58. The molecule has 88 valence electrons. The molecule has 0 radical (unpaired) electrons. The molecule has 1 nitrogen and oxygen atoms in total. The fourth-order valence-electron chi connectivity index (χ4n) is 1.50. The molecule has 0 fully saturated rings. The third-order valence-corrected chi connectivity index (χ3v) is 3.53. The summed E-state index contributed by atoms with van der Waals surface area (Å²) in [5.74, 6) is 0.655. The van der Waals surface area contributed by atoms with Gasteiger partial charge in [0.05, 0.1) is 0 Å². The molecule has 0 spiro atoms. The summed E-state index contributed by atoms with van der Waals surface area (Å²) < 4.78 is 13.0. The molecule has 0 aliphatic heterocycles. The van der Waals surface area contributed by atoms with Gasteiger partial charge in [-0.2, -0.15) is 0 Å². The smallest absolute Gasteiger partial charge is 0.124 e. The largest absolute Gasteiger partial charge is 0.326 e. The number of hydrogen-bond donors (Lipinski definition) is 1. The third kappa shape index (κ3) is 3.58. The third-order valence-electron chi connectivity index (χ3n) is 2.46. The first-order chi connectivity index (χ1) is 8.28. The van der Waals surface area contributed by atoms with E-state index < -0.39 is 0 Å². The first kappa shape index (κ1) is 12.1. The average Bonchev–Trinajstić information content (AvgIpc) is 2.37. The molecule has 2 aromatic carbocycles. The van der Waals surface area contributed by atoms with Crippen LogP contribution in [0.15, 0.2) is 53.4 Å². The van der Waals surface area contributed by atoms with E-state index in [-0.39, 0.29) is 5.82 Å². The van der Waals surface area contributed by atoms with E-state index in [1.54, 1.807) is 23.9 Å². The monoisotopic (exact) mass is 247 g/mol. The maximum atomic E-state index is 13.0. The molecule has 0 saturated carbocycles. The van der Waals surface area contributed by atoms with Crippen molar-refractivity contribution in [1.29, 1.82) is 0 Å². The maximum absolute atomic E-state index is 13.0. The van der Waals surface area contributed by atoms with E-state index in [9.17, 15) is 4.39 Å². The second kappa shape index (κ2) is 5.84. The Morgan fingerprint density at radius 3 is 2.35 bits per heavy atom. The van der Waals surface area contributed by atoms with Crippen LogP contribution in [0.3, 0.4) is 0 Å². The summed E-state index contributed by atoms with van der Waals surface area (Å²) in [7, 11) is 0. The van der Waals surface area contributed by atoms with E-state index in [4.69, 9.17) is 5.73 Å². The fraction of sp³-hybridized carbons (Fsp3) is 0.143. The molecule has 17 heavy (non-hydrogen) atoms. The highest BCUT2D eigenvalue weighted by atomic mass is 32.2. The molecular formula is C14H14FNS. The van der Waals surface area contributed by atoms with Gasteiger partial charge in [0, 0.05) is 17.2 Å². The normalized spacial score (nSPS) is 10.5. The van der Waals surface area contributed by atoms with Crippen LogP contribution in [-0.2, 0) is 12.3 Å². The van der Waals surface area contributed by atoms with Gasteiger partial charge in [0.2, 0.25) is 0 Å². The second-order valence-electron chi connectivity index (χ2n) is 3.77. The highest BCUT2D eigenvalue weighted by Gasteiger charge is 1.98. The van der Waals surface area contributed by atoms with Crippen molar-refractivity contribution in [1.82, 2.24) is 0 Å². The molecule has 0 heterocycles. The molecule has 3 heteroatoms. The van der Waals surface area contributed by atoms with Gasteiger partial charge in [-0.15, -0.1) is 11.8 Å². The minimum absolute atomic E-state index is 0.187. The number of hydrogen-bond acceptors (Lipinski definition) is 2. The summed E-state index contributed by atoms with van der Waals surface area (Å²) in [6, 6.07) is 14.8. The van der Waals surface area contributed by atoms with Gasteiger partial charge in [0.15, 0.2) is 0 Å². The minimum Gasteiger partial charge on any atom is -0.326 e. The Hall–Kier alpha value is -1.32. The molecule has 2 rings (SSSR count). The Kier molecular flexibility index (Phi) is 4.18. The Morgan fingerprint density at radius 2 is 1.71 bits per heavy atom. The molecule has 0 atom stereocenters. The molecular weight excluding hydrogens is 233 g/mol. The van der Waals surface area contributed by atoms with Crippen LogP contribution in [0.25, 0.3) is 0 Å². The summed E-state index contributed by atoms with van der Waals surface area (Å²) in [5.41, 5.74) is 7.88. The SMILES string of the molecule is NCc1ccc(CSc2cccc(F)c2)cc1. The molecule has 0 amide bonds. The molecule has 0 bridgehead atoms. The number of nitrogens with two attached hydrogens (primary N) is 1. The van der Waals surface area contributed by atoms with Crippen LogP contribution in [0.2, 0.25) is 0 Å². The molecule has 2 aromatic rings. The zero-order valence-electron chi connectivity index (χ0n) is 9.40. The lowest BCUT2D eigenvalue weighted by molar-refractivity contribution is 0.624. The second-order valence-corrected chi connectivity index (χ2v) is 4.82. The highest BCUT2D eigenvalue weighted by Crippen LogP contribution is 2.23. The van der Waals surface area contributed by atoms with E-state index in [1.807, 2.05) is 18.2 Å². The van der Waals surface area contributed by atoms with Crippen LogP contribution in [-0.4, -0.2) is 0 Å². The number of rotatable bonds is 4. The molecule has 0 aromatic heterocycles. The zero-order valence-corrected chi connectivity index (χ0v) is 10.2. The zero-order chi connectivity index (χ0) is 12.1. The Bertz CT molecular complexity index is 482. The standard InChI is InChI=1S/C14H14FNS/c15-13-2-1-3-14(8-13)17-10-12-6-4-11(9-16)5-7-12/h1-8H,9-10,16H2. The quantitative estimate of drug-likeness (QED) is 0.836. The van der Waals surface area contributed by atoms with Gasteiger partial charge in [-0.1, -0.05) is 30.3 Å². The Morgan fingerprint density at radius 1 is 1.00 bits per heavy atom. The van der Waals surface area contributed by atoms with Crippen molar-refractivity contribution in [2.24, 2.45) is 5.73 Å². The van der Waals surface area contributed by atoms with Crippen LogP contribution in [0.4, 0.5) is 4.39 Å². The lowest BCUT2D eigenvalue weighted by Gasteiger charge is -2.03. The van der Waals surface area contributed by atoms with Gasteiger partial charge >= 0.3 is 0 Å². The lowest BCUT2D eigenvalue weighted by Crippen LogP contribution is -1.95. The van der Waals surface area contributed by atoms with Crippen molar-refractivity contribution >= 4 is 11.8 Å². The first-order valence-electron chi connectivity index (χ1n) is 5.44. The van der Waals surface area contributed by atoms with Gasteiger partial charge in [-0.3, -0.25) is 0 Å². The van der Waals surface area contributed by atoms with Gasteiger partial charge in [-0.25, -0.2) is 4.39 Å². The van der Waals surface area contributed by atoms with Crippen molar-refractivity contribution in [2.45, 2.75) is 17.2 Å². The highest BCUT2D eigenvalue weighted by molar-refractivity contribution is 7.98. The Balaban J connectivity index is 1.97. The van der Waals surface area contributed by atoms with Crippen molar-refractivity contribution in [2.75, 3.05) is 0 Å². The van der Waals surface area contributed by atoms with E-state index >= 15 is 0 Å². The first-order valence-corrected chi connectivity index (χ1v) is 6.43. The predicted molar refractivity (Wildman–Crippen MR) is 70.3 cm³/mol. The van der Waals surface area contributed by atoms with E-state index in [0.717, 1.165) is 16.2 Å². The number of halogens is 1. The van der Waals surface area contributed by atoms with Crippen molar-refractivity contribution in [3.63, 3.8) is 0 Å². The fourth-order valence-corrected chi connectivity index (χ4v) is 2.39. The van der Waals surface area contributed by atoms with Crippen LogP contribution in [0, 0.1) is 5.82 Å². The van der Waals surface area contributed by atoms with Crippen LogP contribution in [0.1, 0.15) is 11.1 Å². The molecule has 0 aliphatic carbocycles.